The van der Waals surface area contributed by atoms with Gasteiger partial charge in [0.25, 0.3) is 5.91 Å². The summed E-state index contributed by atoms with van der Waals surface area (Å²) < 4.78 is 24.9. The summed E-state index contributed by atoms with van der Waals surface area (Å²) in [5.74, 6) is 0.511. The molecule has 37 heavy (non-hydrogen) atoms. The Kier molecular flexibility index (Phi) is 8.87. The van der Waals surface area contributed by atoms with Crippen LogP contribution in [0.2, 0.25) is 0 Å². The van der Waals surface area contributed by atoms with Crippen molar-refractivity contribution >= 4 is 11.8 Å². The molecule has 8 heteroatoms. The van der Waals surface area contributed by atoms with Crippen molar-refractivity contribution in [2.75, 3.05) is 19.8 Å². The highest BCUT2D eigenvalue weighted by Gasteiger charge is 2.50. The zero-order chi connectivity index (χ0) is 26.1. The number of nitrogens with one attached hydrogen (secondary N) is 2. The van der Waals surface area contributed by atoms with Gasteiger partial charge in [0.2, 0.25) is 5.90 Å². The van der Waals surface area contributed by atoms with Gasteiger partial charge in [-0.05, 0) is 60.9 Å². The van der Waals surface area contributed by atoms with Crippen LogP contribution in [-0.4, -0.2) is 48.3 Å². The van der Waals surface area contributed by atoms with Gasteiger partial charge in [0, 0.05) is 31.6 Å². The van der Waals surface area contributed by atoms with Crippen molar-refractivity contribution in [2.45, 2.75) is 37.8 Å². The molecule has 0 saturated heterocycles. The van der Waals surface area contributed by atoms with Gasteiger partial charge in [-0.25, -0.2) is 14.8 Å². The number of nitrogens with zero attached hydrogens (tertiary/aromatic N) is 1. The van der Waals surface area contributed by atoms with Crippen LogP contribution in [0.25, 0.3) is 0 Å². The number of aliphatic hydroxyl groups is 1. The van der Waals surface area contributed by atoms with Gasteiger partial charge in [-0.1, -0.05) is 42.5 Å². The normalized spacial score (nSPS) is 18.7. The number of carbonyl (C=O) groups excluding carboxylic acids is 1. The topological polar surface area (TPSA) is 92.2 Å². The van der Waals surface area contributed by atoms with Gasteiger partial charge >= 0.3 is 0 Å². The van der Waals surface area contributed by atoms with Crippen molar-refractivity contribution in [3.63, 3.8) is 0 Å². The number of ether oxygens (including phenoxy) is 2. The van der Waals surface area contributed by atoms with Crippen LogP contribution in [0.5, 0.6) is 5.75 Å². The van der Waals surface area contributed by atoms with Crippen molar-refractivity contribution < 1.29 is 23.8 Å². The smallest absolute Gasteiger partial charge is 0.266 e. The Balaban J connectivity index is 1.49. The number of hydrogen-bond donors (Lipinski definition) is 3. The first-order chi connectivity index (χ1) is 18.0. The van der Waals surface area contributed by atoms with Crippen LogP contribution in [0, 0.1) is 5.82 Å². The molecule has 0 spiro atoms. The van der Waals surface area contributed by atoms with Gasteiger partial charge in [-0.2, -0.15) is 0 Å². The second kappa shape index (κ2) is 12.5. The van der Waals surface area contributed by atoms with E-state index in [0.29, 0.717) is 44.1 Å². The van der Waals surface area contributed by atoms with E-state index in [1.807, 2.05) is 61.5 Å². The third-order valence-electron chi connectivity index (χ3n) is 6.30. The maximum Gasteiger partial charge on any atom is 0.266 e. The van der Waals surface area contributed by atoms with Crippen molar-refractivity contribution in [1.29, 1.82) is 0 Å². The summed E-state index contributed by atoms with van der Waals surface area (Å²) in [6.45, 7) is 2.83. The summed E-state index contributed by atoms with van der Waals surface area (Å²) in [5.41, 5.74) is 7.31. The number of benzene rings is 3. The van der Waals surface area contributed by atoms with Gasteiger partial charge in [-0.3, -0.25) is 10.2 Å². The molecule has 194 valence electrons. The molecule has 0 unspecified atom stereocenters. The van der Waals surface area contributed by atoms with Gasteiger partial charge in [0.1, 0.15) is 17.7 Å². The largest absolute Gasteiger partial charge is 0.494 e. The Morgan fingerprint density at radius 3 is 2.49 bits per heavy atom. The molecule has 1 amide bonds. The number of aliphatic hydroxyl groups excluding tert-OH is 1. The molecule has 7 nitrogen and oxygen atoms in total. The minimum absolute atomic E-state index is 0.0767. The quantitative estimate of drug-likeness (QED) is 0.258. The van der Waals surface area contributed by atoms with Crippen LogP contribution in [-0.2, 0) is 22.4 Å². The third kappa shape index (κ3) is 6.72. The molecule has 0 bridgehead atoms. The van der Waals surface area contributed by atoms with Crippen LogP contribution < -0.4 is 15.6 Å². The lowest BCUT2D eigenvalue weighted by molar-refractivity contribution is -0.129. The second-order valence-corrected chi connectivity index (χ2v) is 8.97. The summed E-state index contributed by atoms with van der Waals surface area (Å²) in [7, 11) is 0. The van der Waals surface area contributed by atoms with E-state index in [2.05, 4.69) is 10.9 Å². The monoisotopic (exact) mass is 505 g/mol. The van der Waals surface area contributed by atoms with E-state index in [4.69, 9.17) is 19.6 Å². The third-order valence-corrected chi connectivity index (χ3v) is 6.30. The second-order valence-electron chi connectivity index (χ2n) is 8.97. The van der Waals surface area contributed by atoms with E-state index in [1.165, 1.54) is 12.1 Å². The van der Waals surface area contributed by atoms with Crippen LogP contribution in [0.1, 0.15) is 30.0 Å². The molecule has 0 fully saturated rings. The average molecular weight is 506 g/mol. The van der Waals surface area contributed by atoms with Gasteiger partial charge in [0.05, 0.1) is 6.61 Å². The minimum Gasteiger partial charge on any atom is -0.494 e. The van der Waals surface area contributed by atoms with E-state index in [9.17, 15) is 9.18 Å². The van der Waals surface area contributed by atoms with Crippen LogP contribution in [0.15, 0.2) is 83.9 Å². The number of carbonyl (C=O) groups is 1. The first kappa shape index (κ1) is 26.3. The lowest BCUT2D eigenvalue weighted by atomic mass is 9.86. The first-order valence-electron chi connectivity index (χ1n) is 12.4. The molecule has 0 radical (unpaired) electrons. The molecule has 1 heterocycles. The molecule has 1 aliphatic heterocycles. The highest BCUT2D eigenvalue weighted by Crippen LogP contribution is 2.32. The summed E-state index contributed by atoms with van der Waals surface area (Å²) in [6, 6.07) is 23.3. The Morgan fingerprint density at radius 1 is 1.05 bits per heavy atom. The molecular weight excluding hydrogens is 473 g/mol. The Bertz CT molecular complexity index is 1190. The molecule has 0 aliphatic carbocycles. The Labute approximate surface area is 216 Å². The van der Waals surface area contributed by atoms with E-state index in [1.54, 1.807) is 12.1 Å². The molecular formula is C29H32FN3O4. The summed E-state index contributed by atoms with van der Waals surface area (Å²) >= 11 is 0. The maximum absolute atomic E-state index is 13.6. The molecule has 3 N–H and O–H groups in total. The van der Waals surface area contributed by atoms with Gasteiger partial charge in [0.15, 0.2) is 5.54 Å². The zero-order valence-electron chi connectivity index (χ0n) is 20.8. The number of rotatable bonds is 12. The first-order valence-corrected chi connectivity index (χ1v) is 12.4. The van der Waals surface area contributed by atoms with Crippen molar-refractivity contribution in [3.8, 4) is 5.75 Å². The predicted octanol–water partition coefficient (Wildman–Crippen LogP) is 3.60. The number of aliphatic imine (C=N–C) groups is 1. The molecule has 3 aromatic rings. The lowest BCUT2D eigenvalue weighted by Gasteiger charge is -2.28. The number of hydrogen-bond acceptors (Lipinski definition) is 6. The van der Waals surface area contributed by atoms with Crippen molar-refractivity contribution in [3.05, 3.63) is 101 Å². The highest BCUT2D eigenvalue weighted by atomic mass is 19.1. The standard InChI is InChI=1S/C29H32FN3O4/c1-21-29(20-23-6-3-2-4-7-23,28(35)33-31-17-16-22-8-12-25(30)13-9-22)32-27(37-21)24-10-14-26(15-11-24)36-19-5-18-34/h2-4,6-15,21,31,34H,5,16-20H2,1H3,(H,33,35)/t21-,29-/m0/s1. The fraction of sp³-hybridized carbons (Fsp3) is 0.310. The van der Waals surface area contributed by atoms with Gasteiger partial charge < -0.3 is 14.6 Å². The average Bonchev–Trinajstić information content (AvgIpc) is 3.25. The van der Waals surface area contributed by atoms with E-state index in [-0.39, 0.29) is 18.3 Å². The van der Waals surface area contributed by atoms with Crippen molar-refractivity contribution in [1.82, 2.24) is 10.9 Å². The molecule has 1 aliphatic rings. The summed E-state index contributed by atoms with van der Waals surface area (Å²) in [5, 5.41) is 8.92. The molecule has 0 saturated carbocycles. The zero-order valence-corrected chi connectivity index (χ0v) is 20.8. The SMILES string of the molecule is C[C@@H]1OC(c2ccc(OCCCO)cc2)=N[C@]1(Cc1ccccc1)C(=O)NNCCc1ccc(F)cc1. The highest BCUT2D eigenvalue weighted by molar-refractivity contribution is 6.00. The maximum atomic E-state index is 13.6. The van der Waals surface area contributed by atoms with E-state index >= 15 is 0 Å². The van der Waals surface area contributed by atoms with E-state index in [0.717, 1.165) is 16.7 Å². The lowest BCUT2D eigenvalue weighted by Crippen LogP contribution is -2.56. The van der Waals surface area contributed by atoms with E-state index < -0.39 is 11.6 Å². The molecule has 2 atom stereocenters. The molecule has 3 aromatic carbocycles. The summed E-state index contributed by atoms with van der Waals surface area (Å²) in [4.78, 5) is 18.4. The fourth-order valence-corrected chi connectivity index (χ4v) is 4.16. The predicted molar refractivity (Wildman–Crippen MR) is 140 cm³/mol. The van der Waals surface area contributed by atoms with Crippen molar-refractivity contribution in [2.24, 2.45) is 4.99 Å². The number of hydrazine groups is 1. The molecule has 4 rings (SSSR count). The summed E-state index contributed by atoms with van der Waals surface area (Å²) in [6.07, 6.45) is 1.04. The Morgan fingerprint density at radius 2 is 1.78 bits per heavy atom. The number of amides is 1. The minimum atomic E-state index is -1.17. The number of halogens is 1. The molecule has 0 aromatic heterocycles. The Hall–Kier alpha value is -3.75. The van der Waals surface area contributed by atoms with Crippen LogP contribution in [0.3, 0.4) is 0 Å². The fourth-order valence-electron chi connectivity index (χ4n) is 4.16. The van der Waals surface area contributed by atoms with Crippen LogP contribution >= 0.6 is 0 Å². The van der Waals surface area contributed by atoms with Gasteiger partial charge in [-0.15, -0.1) is 0 Å². The van der Waals surface area contributed by atoms with Crippen LogP contribution in [0.4, 0.5) is 4.39 Å².